The lowest BCUT2D eigenvalue weighted by atomic mass is 9.97. The van der Waals surface area contributed by atoms with Crippen molar-refractivity contribution in [2.24, 2.45) is 5.73 Å². The largest absolute Gasteiger partial charge is 0.349 e. The average molecular weight is 393 g/mol. The zero-order chi connectivity index (χ0) is 18.9. The highest BCUT2D eigenvalue weighted by Crippen LogP contribution is 2.29. The summed E-state index contributed by atoms with van der Waals surface area (Å²) in [6.07, 6.45) is 4.46. The molecule has 1 aliphatic carbocycles. The van der Waals surface area contributed by atoms with E-state index in [1.54, 1.807) is 4.68 Å². The Morgan fingerprint density at radius 2 is 1.78 bits per heavy atom. The Balaban J connectivity index is 0.00000261. The van der Waals surface area contributed by atoms with E-state index in [-0.39, 0.29) is 23.9 Å². The van der Waals surface area contributed by atoms with Crippen molar-refractivity contribution in [3.8, 4) is 5.95 Å². The lowest BCUT2D eigenvalue weighted by molar-refractivity contribution is -0.122. The van der Waals surface area contributed by atoms with Gasteiger partial charge in [-0.15, -0.1) is 12.4 Å². The summed E-state index contributed by atoms with van der Waals surface area (Å²) in [5.74, 6) is 0.549. The van der Waals surface area contributed by atoms with Crippen molar-refractivity contribution in [1.82, 2.24) is 25.1 Å². The first-order chi connectivity index (χ1) is 12.3. The maximum atomic E-state index is 12.7. The summed E-state index contributed by atoms with van der Waals surface area (Å²) in [6.45, 7) is 8.24. The number of aromatic nitrogens is 4. The Kier molecular flexibility index (Phi) is 6.59. The fourth-order valence-electron chi connectivity index (χ4n) is 3.86. The number of aryl methyl sites for hydroxylation is 3. The molecule has 7 nitrogen and oxygen atoms in total. The fourth-order valence-corrected chi connectivity index (χ4v) is 3.86. The maximum absolute atomic E-state index is 12.7. The van der Waals surface area contributed by atoms with Crippen molar-refractivity contribution in [2.75, 3.05) is 6.54 Å². The first-order valence-corrected chi connectivity index (χ1v) is 9.22. The lowest BCUT2D eigenvalue weighted by Gasteiger charge is -2.28. The van der Waals surface area contributed by atoms with Crippen LogP contribution in [0.15, 0.2) is 6.07 Å². The molecule has 0 aromatic carbocycles. The van der Waals surface area contributed by atoms with Crippen LogP contribution in [0.25, 0.3) is 5.95 Å². The molecule has 3 rings (SSSR count). The molecule has 1 amide bonds. The topological polar surface area (TPSA) is 98.7 Å². The van der Waals surface area contributed by atoms with Gasteiger partial charge in [0, 0.05) is 29.2 Å². The summed E-state index contributed by atoms with van der Waals surface area (Å²) in [5, 5.41) is 7.75. The average Bonchev–Trinajstić information content (AvgIpc) is 3.14. The third-order valence-corrected chi connectivity index (χ3v) is 5.29. The Morgan fingerprint density at radius 3 is 2.33 bits per heavy atom. The van der Waals surface area contributed by atoms with Crippen molar-refractivity contribution in [3.05, 3.63) is 34.4 Å². The summed E-state index contributed by atoms with van der Waals surface area (Å²) in [6, 6.07) is 1.93. The van der Waals surface area contributed by atoms with E-state index in [4.69, 9.17) is 5.73 Å². The Hall–Kier alpha value is -1.99. The Morgan fingerprint density at radius 1 is 1.19 bits per heavy atom. The molecule has 0 aliphatic heterocycles. The first-order valence-electron chi connectivity index (χ1n) is 9.22. The van der Waals surface area contributed by atoms with Crippen molar-refractivity contribution in [1.29, 1.82) is 0 Å². The number of hydrogen-bond acceptors (Lipinski definition) is 5. The normalized spacial score (nSPS) is 15.4. The monoisotopic (exact) mass is 392 g/mol. The van der Waals surface area contributed by atoms with E-state index in [1.165, 1.54) is 0 Å². The van der Waals surface area contributed by atoms with Gasteiger partial charge in [-0.25, -0.2) is 14.6 Å². The molecule has 148 valence electrons. The number of nitrogens with two attached hydrogens (primary N) is 1. The second kappa shape index (κ2) is 8.35. The minimum absolute atomic E-state index is 0. The van der Waals surface area contributed by atoms with Gasteiger partial charge in [0.15, 0.2) is 0 Å². The first kappa shape index (κ1) is 21.3. The highest BCUT2D eigenvalue weighted by atomic mass is 35.5. The van der Waals surface area contributed by atoms with Crippen LogP contribution in [0.4, 0.5) is 0 Å². The number of rotatable bonds is 5. The van der Waals surface area contributed by atoms with Gasteiger partial charge in [-0.1, -0.05) is 12.8 Å². The fraction of sp³-hybridized carbons (Fsp3) is 0.579. The van der Waals surface area contributed by atoms with E-state index in [0.29, 0.717) is 18.9 Å². The van der Waals surface area contributed by atoms with Gasteiger partial charge in [-0.3, -0.25) is 4.79 Å². The van der Waals surface area contributed by atoms with Crippen LogP contribution in [0, 0.1) is 27.7 Å². The summed E-state index contributed by atoms with van der Waals surface area (Å²) in [5.41, 5.74) is 10.1. The quantitative estimate of drug-likeness (QED) is 0.813. The molecule has 8 heteroatoms. The molecule has 2 aromatic rings. The van der Waals surface area contributed by atoms with Crippen LogP contribution in [-0.4, -0.2) is 37.7 Å². The molecular weight excluding hydrogens is 364 g/mol. The Labute approximate surface area is 166 Å². The van der Waals surface area contributed by atoms with Crippen molar-refractivity contribution < 1.29 is 4.79 Å². The maximum Gasteiger partial charge on any atom is 0.251 e. The third-order valence-electron chi connectivity index (χ3n) is 5.29. The minimum atomic E-state index is -0.231. The van der Waals surface area contributed by atoms with Crippen LogP contribution in [0.1, 0.15) is 54.0 Å². The van der Waals surface area contributed by atoms with E-state index in [0.717, 1.165) is 54.0 Å². The predicted molar refractivity (Wildman–Crippen MR) is 107 cm³/mol. The van der Waals surface area contributed by atoms with Crippen molar-refractivity contribution >= 4 is 18.3 Å². The molecule has 0 atom stereocenters. The van der Waals surface area contributed by atoms with Crippen LogP contribution >= 0.6 is 12.4 Å². The smallest absolute Gasteiger partial charge is 0.251 e. The highest BCUT2D eigenvalue weighted by Gasteiger charge is 2.34. The van der Waals surface area contributed by atoms with Crippen molar-refractivity contribution in [3.63, 3.8) is 0 Å². The van der Waals surface area contributed by atoms with Crippen LogP contribution < -0.4 is 11.1 Å². The number of hydrogen-bond donors (Lipinski definition) is 2. The SMILES string of the molecule is Cc1cc(C)nc(-n2nc(C)c(CC(=O)NC3(CN)CCCC3)c2C)n1.Cl. The standard InChI is InChI=1S/C19H28N6O.ClH/c1-12-9-13(2)22-18(21-12)25-15(4)16(14(3)24-25)10-17(26)23-19(11-20)7-5-6-8-19;/h9H,5-8,10-11,20H2,1-4H3,(H,23,26);1H. The van der Waals surface area contributed by atoms with Crippen LogP contribution in [0.2, 0.25) is 0 Å². The van der Waals surface area contributed by atoms with Gasteiger partial charge in [0.2, 0.25) is 5.91 Å². The van der Waals surface area contributed by atoms with E-state index in [2.05, 4.69) is 20.4 Å². The van der Waals surface area contributed by atoms with Crippen LogP contribution in [0.5, 0.6) is 0 Å². The second-order valence-electron chi connectivity index (χ2n) is 7.43. The van der Waals surface area contributed by atoms with Crippen LogP contribution in [-0.2, 0) is 11.2 Å². The highest BCUT2D eigenvalue weighted by molar-refractivity contribution is 5.85. The number of amides is 1. The number of nitrogens with zero attached hydrogens (tertiary/aromatic N) is 4. The van der Waals surface area contributed by atoms with Gasteiger partial charge in [-0.2, -0.15) is 5.10 Å². The molecule has 0 radical (unpaired) electrons. The van der Waals surface area contributed by atoms with Gasteiger partial charge < -0.3 is 11.1 Å². The molecule has 1 saturated carbocycles. The summed E-state index contributed by atoms with van der Waals surface area (Å²) >= 11 is 0. The summed E-state index contributed by atoms with van der Waals surface area (Å²) in [7, 11) is 0. The zero-order valence-corrected chi connectivity index (χ0v) is 17.3. The number of halogens is 1. The molecule has 1 fully saturated rings. The molecule has 0 saturated heterocycles. The molecule has 2 aromatic heterocycles. The van der Waals surface area contributed by atoms with Crippen LogP contribution in [0.3, 0.4) is 0 Å². The number of carbonyl (C=O) groups is 1. The van der Waals surface area contributed by atoms with Gasteiger partial charge in [0.1, 0.15) is 0 Å². The molecular formula is C19H29ClN6O. The van der Waals surface area contributed by atoms with E-state index in [1.807, 2.05) is 33.8 Å². The van der Waals surface area contributed by atoms with Gasteiger partial charge >= 0.3 is 0 Å². The Bertz CT molecular complexity index is 806. The molecule has 1 aliphatic rings. The molecule has 2 heterocycles. The zero-order valence-electron chi connectivity index (χ0n) is 16.5. The van der Waals surface area contributed by atoms with E-state index < -0.39 is 0 Å². The molecule has 0 unspecified atom stereocenters. The predicted octanol–water partition coefficient (Wildman–Crippen LogP) is 2.25. The van der Waals surface area contributed by atoms with Crippen molar-refractivity contribution in [2.45, 2.75) is 65.3 Å². The van der Waals surface area contributed by atoms with Gasteiger partial charge in [0.05, 0.1) is 17.7 Å². The number of carbonyl (C=O) groups excluding carboxylic acids is 1. The van der Waals surface area contributed by atoms with Gasteiger partial charge in [-0.05, 0) is 46.6 Å². The van der Waals surface area contributed by atoms with Gasteiger partial charge in [0.25, 0.3) is 5.95 Å². The van der Waals surface area contributed by atoms with E-state index >= 15 is 0 Å². The lowest BCUT2D eigenvalue weighted by Crippen LogP contribution is -2.52. The third kappa shape index (κ3) is 4.47. The molecule has 0 spiro atoms. The number of nitrogens with one attached hydrogen (secondary N) is 1. The summed E-state index contributed by atoms with van der Waals surface area (Å²) < 4.78 is 1.73. The molecule has 3 N–H and O–H groups in total. The minimum Gasteiger partial charge on any atom is -0.349 e. The van der Waals surface area contributed by atoms with E-state index in [9.17, 15) is 4.79 Å². The summed E-state index contributed by atoms with van der Waals surface area (Å²) in [4.78, 5) is 21.6. The molecule has 0 bridgehead atoms. The molecule has 27 heavy (non-hydrogen) atoms. The second-order valence-corrected chi connectivity index (χ2v) is 7.43.